The predicted octanol–water partition coefficient (Wildman–Crippen LogP) is 5.85. The van der Waals surface area contributed by atoms with E-state index in [0.29, 0.717) is 36.5 Å². The molecule has 1 aliphatic rings. The Kier molecular flexibility index (Phi) is 8.79. The van der Waals surface area contributed by atoms with E-state index in [4.69, 9.17) is 32.8 Å². The molecule has 1 fully saturated rings. The summed E-state index contributed by atoms with van der Waals surface area (Å²) in [7, 11) is 0. The van der Waals surface area contributed by atoms with E-state index in [0.717, 1.165) is 11.1 Å². The number of carbonyl (C=O) groups excluding carboxylic acids is 1. The van der Waals surface area contributed by atoms with Crippen molar-refractivity contribution in [3.8, 4) is 16.9 Å². The SMILES string of the molecule is CC(C)c1cccc(CN)c1-n1c(=O)nc(N2CCN(C(=O)OC(C)(C)C)C[C@@H]2C)c2cc(Cl)c(-c3c(N)cccc3F)nc21. The van der Waals surface area contributed by atoms with Gasteiger partial charge in [-0.25, -0.2) is 23.5 Å². The van der Waals surface area contributed by atoms with Crippen LogP contribution in [0.3, 0.4) is 0 Å². The van der Waals surface area contributed by atoms with Crippen LogP contribution in [0.15, 0.2) is 47.3 Å². The molecule has 1 atom stereocenters. The fourth-order valence-electron chi connectivity index (χ4n) is 5.77. The van der Waals surface area contributed by atoms with Gasteiger partial charge in [0.15, 0.2) is 5.65 Å². The molecule has 2 aromatic heterocycles. The number of aromatic nitrogens is 3. The molecule has 0 spiro atoms. The normalized spacial score (nSPS) is 15.6. The number of piperazine rings is 1. The minimum absolute atomic E-state index is 0.0306. The lowest BCUT2D eigenvalue weighted by Gasteiger charge is -2.41. The van der Waals surface area contributed by atoms with E-state index in [1.807, 2.05) is 64.6 Å². The minimum Gasteiger partial charge on any atom is -0.444 e. The smallest absolute Gasteiger partial charge is 0.410 e. The summed E-state index contributed by atoms with van der Waals surface area (Å²) in [5.74, 6) is -0.200. The van der Waals surface area contributed by atoms with Gasteiger partial charge in [0.2, 0.25) is 0 Å². The molecule has 12 heteroatoms. The van der Waals surface area contributed by atoms with Crippen molar-refractivity contribution in [2.24, 2.45) is 5.73 Å². The fraction of sp³-hybridized carbons (Fsp3) is 0.394. The van der Waals surface area contributed by atoms with Crippen LogP contribution < -0.4 is 22.1 Å². The number of nitrogens with zero attached hydrogens (tertiary/aromatic N) is 5. The third-order valence-electron chi connectivity index (χ3n) is 7.85. The van der Waals surface area contributed by atoms with Crippen LogP contribution in [-0.2, 0) is 11.3 Å². The first-order chi connectivity index (χ1) is 21.2. The first-order valence-electron chi connectivity index (χ1n) is 15.0. The zero-order valence-electron chi connectivity index (χ0n) is 26.4. The largest absolute Gasteiger partial charge is 0.444 e. The third kappa shape index (κ3) is 6.19. The lowest BCUT2D eigenvalue weighted by Crippen LogP contribution is -2.55. The lowest BCUT2D eigenvalue weighted by atomic mass is 9.97. The molecule has 1 amide bonds. The van der Waals surface area contributed by atoms with Crippen LogP contribution >= 0.6 is 11.6 Å². The summed E-state index contributed by atoms with van der Waals surface area (Å²) in [6.45, 7) is 12.7. The van der Waals surface area contributed by atoms with E-state index >= 15 is 4.39 Å². The highest BCUT2D eigenvalue weighted by molar-refractivity contribution is 6.34. The molecule has 0 bridgehead atoms. The fourth-order valence-corrected chi connectivity index (χ4v) is 6.02. The number of anilines is 2. The summed E-state index contributed by atoms with van der Waals surface area (Å²) in [5.41, 5.74) is 13.9. The second-order valence-electron chi connectivity index (χ2n) is 12.6. The van der Waals surface area contributed by atoms with E-state index in [1.165, 1.54) is 16.7 Å². The van der Waals surface area contributed by atoms with Gasteiger partial charge in [0.25, 0.3) is 0 Å². The molecule has 5 rings (SSSR count). The number of fused-ring (bicyclic) bond motifs is 1. The van der Waals surface area contributed by atoms with Crippen molar-refractivity contribution in [3.05, 3.63) is 74.9 Å². The number of nitrogen functional groups attached to an aromatic ring is 1. The van der Waals surface area contributed by atoms with E-state index in [9.17, 15) is 9.59 Å². The summed E-state index contributed by atoms with van der Waals surface area (Å²) >= 11 is 6.83. The molecule has 45 heavy (non-hydrogen) atoms. The predicted molar refractivity (Wildman–Crippen MR) is 177 cm³/mol. The molecular formula is C33H39ClFN7O3. The number of hydrogen-bond acceptors (Lipinski definition) is 8. The molecule has 0 radical (unpaired) electrons. The maximum atomic E-state index is 15.2. The Hall–Kier alpha value is -4.22. The molecular weight excluding hydrogens is 597 g/mol. The highest BCUT2D eigenvalue weighted by atomic mass is 35.5. The average Bonchev–Trinajstić information content (AvgIpc) is 2.96. The highest BCUT2D eigenvalue weighted by Gasteiger charge is 2.33. The Morgan fingerprint density at radius 1 is 1.16 bits per heavy atom. The molecule has 1 saturated heterocycles. The van der Waals surface area contributed by atoms with Gasteiger partial charge < -0.3 is 26.0 Å². The zero-order valence-corrected chi connectivity index (χ0v) is 27.2. The van der Waals surface area contributed by atoms with Gasteiger partial charge >= 0.3 is 11.8 Å². The van der Waals surface area contributed by atoms with E-state index in [1.54, 1.807) is 17.0 Å². The number of hydrogen-bond donors (Lipinski definition) is 2. The number of rotatable bonds is 5. The topological polar surface area (TPSA) is 133 Å². The Balaban J connectivity index is 1.76. The van der Waals surface area contributed by atoms with Crippen molar-refractivity contribution < 1.29 is 13.9 Å². The molecule has 3 heterocycles. The van der Waals surface area contributed by atoms with Crippen molar-refractivity contribution in [2.75, 3.05) is 30.3 Å². The number of para-hydroxylation sites is 1. The molecule has 0 aliphatic carbocycles. The molecule has 4 aromatic rings. The van der Waals surface area contributed by atoms with Crippen molar-refractivity contribution >= 4 is 40.2 Å². The van der Waals surface area contributed by atoms with E-state index in [2.05, 4.69) is 4.98 Å². The van der Waals surface area contributed by atoms with Gasteiger partial charge in [0.05, 0.1) is 27.4 Å². The molecule has 1 aliphatic heterocycles. The van der Waals surface area contributed by atoms with Crippen LogP contribution in [-0.4, -0.2) is 56.8 Å². The Morgan fingerprint density at radius 2 is 1.87 bits per heavy atom. The van der Waals surface area contributed by atoms with Crippen molar-refractivity contribution in [1.29, 1.82) is 0 Å². The van der Waals surface area contributed by atoms with Gasteiger partial charge in [-0.15, -0.1) is 0 Å². The number of carbonyl (C=O) groups is 1. The van der Waals surface area contributed by atoms with Crippen molar-refractivity contribution in [1.82, 2.24) is 19.4 Å². The summed E-state index contributed by atoms with van der Waals surface area (Å²) in [6, 6.07) is 11.5. The summed E-state index contributed by atoms with van der Waals surface area (Å²) in [6.07, 6.45) is -0.404. The second-order valence-corrected chi connectivity index (χ2v) is 13.0. The molecule has 4 N–H and O–H groups in total. The first-order valence-corrected chi connectivity index (χ1v) is 15.3. The van der Waals surface area contributed by atoms with E-state index < -0.39 is 23.2 Å². The summed E-state index contributed by atoms with van der Waals surface area (Å²) < 4.78 is 22.2. The van der Waals surface area contributed by atoms with Crippen LogP contribution in [0.5, 0.6) is 0 Å². The number of ether oxygens (including phenoxy) is 1. The molecule has 0 saturated carbocycles. The number of pyridine rings is 1. The second kappa shape index (κ2) is 12.3. The van der Waals surface area contributed by atoms with Crippen LogP contribution in [0.25, 0.3) is 28.0 Å². The van der Waals surface area contributed by atoms with Gasteiger partial charge in [0, 0.05) is 37.9 Å². The van der Waals surface area contributed by atoms with Crippen LogP contribution in [0.4, 0.5) is 20.7 Å². The van der Waals surface area contributed by atoms with Gasteiger partial charge in [0.1, 0.15) is 17.2 Å². The average molecular weight is 636 g/mol. The maximum Gasteiger partial charge on any atom is 0.410 e. The number of amides is 1. The Bertz CT molecular complexity index is 1820. The Morgan fingerprint density at radius 3 is 2.49 bits per heavy atom. The van der Waals surface area contributed by atoms with Crippen molar-refractivity contribution in [3.63, 3.8) is 0 Å². The van der Waals surface area contributed by atoms with E-state index in [-0.39, 0.29) is 46.1 Å². The third-order valence-corrected chi connectivity index (χ3v) is 8.14. The number of halogens is 2. The maximum absolute atomic E-state index is 15.2. The first kappa shape index (κ1) is 32.2. The van der Waals surface area contributed by atoms with Crippen LogP contribution in [0.1, 0.15) is 58.6 Å². The summed E-state index contributed by atoms with van der Waals surface area (Å²) in [5, 5.41) is 0.626. The number of nitrogens with two attached hydrogens (primary N) is 2. The summed E-state index contributed by atoms with van der Waals surface area (Å²) in [4.78, 5) is 40.1. The molecule has 238 valence electrons. The van der Waals surface area contributed by atoms with Crippen LogP contribution in [0, 0.1) is 5.82 Å². The minimum atomic E-state index is -0.629. The number of benzene rings is 2. The van der Waals surface area contributed by atoms with Crippen LogP contribution in [0.2, 0.25) is 5.02 Å². The molecule has 2 aromatic carbocycles. The zero-order chi connectivity index (χ0) is 32.8. The monoisotopic (exact) mass is 635 g/mol. The highest BCUT2D eigenvalue weighted by Crippen LogP contribution is 2.38. The quantitative estimate of drug-likeness (QED) is 0.261. The van der Waals surface area contributed by atoms with Gasteiger partial charge in [-0.1, -0.05) is 49.7 Å². The standard InChI is InChI=1S/C33H39ClFN7O3/c1-18(2)21-10-7-9-20(16-36)28(21)42-30-22(15-23(34)27(38-30)26-24(35)11-8-12-25(26)37)29(39-31(42)43)41-14-13-40(17-19(41)3)32(44)45-33(4,5)6/h7-12,15,18-19H,13-14,16-17,36-37H2,1-6H3/t19-/m0/s1. The van der Waals surface area contributed by atoms with Crippen molar-refractivity contribution in [2.45, 2.75) is 65.6 Å². The molecule has 10 nitrogen and oxygen atoms in total. The lowest BCUT2D eigenvalue weighted by molar-refractivity contribution is 0.0218. The van der Waals surface area contributed by atoms with Gasteiger partial charge in [-0.3, -0.25) is 0 Å². The van der Waals surface area contributed by atoms with Gasteiger partial charge in [-0.2, -0.15) is 4.98 Å². The Labute approximate surface area is 266 Å². The molecule has 0 unspecified atom stereocenters. The van der Waals surface area contributed by atoms with Gasteiger partial charge in [-0.05, 0) is 62.9 Å².